The van der Waals surface area contributed by atoms with Gasteiger partial charge in [-0.25, -0.2) is 9.69 Å². The summed E-state index contributed by atoms with van der Waals surface area (Å²) >= 11 is 0. The van der Waals surface area contributed by atoms with Crippen molar-refractivity contribution in [3.8, 4) is 0 Å². The molecule has 2 aromatic carbocycles. The van der Waals surface area contributed by atoms with Crippen molar-refractivity contribution >= 4 is 23.5 Å². The minimum atomic E-state index is -1.22. The molecule has 3 rings (SSSR count). The number of nitrogens with zero attached hydrogens (tertiary/aromatic N) is 1. The smallest absolute Gasteiger partial charge is 0.336 e. The van der Waals surface area contributed by atoms with Crippen LogP contribution in [0.4, 0.5) is 5.69 Å². The van der Waals surface area contributed by atoms with Crippen LogP contribution in [0.3, 0.4) is 0 Å². The predicted molar refractivity (Wildman–Crippen MR) is 94.4 cm³/mol. The number of aromatic carboxylic acids is 1. The fourth-order valence-corrected chi connectivity index (χ4v) is 3.23. The monoisotopic (exact) mass is 337 g/mol. The molecule has 5 nitrogen and oxygen atoms in total. The van der Waals surface area contributed by atoms with Gasteiger partial charge in [-0.2, -0.15) is 0 Å². The Labute approximate surface area is 145 Å². The number of amides is 2. The number of carboxylic acid groups (broad SMARTS) is 1. The van der Waals surface area contributed by atoms with Crippen molar-refractivity contribution < 1.29 is 19.5 Å². The predicted octanol–water partition coefficient (Wildman–Crippen LogP) is 3.79. The van der Waals surface area contributed by atoms with Crippen LogP contribution in [0, 0.1) is 6.92 Å². The van der Waals surface area contributed by atoms with Gasteiger partial charge in [-0.3, -0.25) is 9.59 Å². The van der Waals surface area contributed by atoms with Crippen molar-refractivity contribution in [2.45, 2.75) is 33.1 Å². The Kier molecular flexibility index (Phi) is 3.75. The normalized spacial score (nSPS) is 14.0. The van der Waals surface area contributed by atoms with Crippen LogP contribution in [-0.2, 0) is 5.41 Å². The maximum atomic E-state index is 13.0. The Bertz CT molecular complexity index is 922. The van der Waals surface area contributed by atoms with Crippen molar-refractivity contribution in [3.63, 3.8) is 0 Å². The Morgan fingerprint density at radius 2 is 1.64 bits per heavy atom. The van der Waals surface area contributed by atoms with Crippen LogP contribution in [0.2, 0.25) is 0 Å². The van der Waals surface area contributed by atoms with E-state index in [-0.39, 0.29) is 22.1 Å². The summed E-state index contributed by atoms with van der Waals surface area (Å²) in [6.45, 7) is 7.86. The van der Waals surface area contributed by atoms with Crippen LogP contribution in [0.1, 0.15) is 63.0 Å². The van der Waals surface area contributed by atoms with Gasteiger partial charge in [0.25, 0.3) is 11.8 Å². The summed E-state index contributed by atoms with van der Waals surface area (Å²) in [7, 11) is 0. The fraction of sp³-hybridized carbons (Fsp3) is 0.250. The molecule has 1 N–H and O–H groups in total. The quantitative estimate of drug-likeness (QED) is 0.846. The van der Waals surface area contributed by atoms with E-state index in [1.54, 1.807) is 0 Å². The van der Waals surface area contributed by atoms with E-state index < -0.39 is 17.8 Å². The molecule has 0 fully saturated rings. The number of carbonyl (C=O) groups excluding carboxylic acids is 2. The zero-order valence-corrected chi connectivity index (χ0v) is 14.6. The first-order chi connectivity index (χ1) is 11.6. The van der Waals surface area contributed by atoms with E-state index in [2.05, 4.69) is 0 Å². The number of imide groups is 1. The highest BCUT2D eigenvalue weighted by Crippen LogP contribution is 2.39. The van der Waals surface area contributed by atoms with E-state index in [1.807, 2.05) is 45.9 Å². The zero-order chi connectivity index (χ0) is 18.5. The number of rotatable bonds is 2. The van der Waals surface area contributed by atoms with E-state index in [0.29, 0.717) is 5.69 Å². The average Bonchev–Trinajstić information content (AvgIpc) is 2.78. The Morgan fingerprint density at radius 1 is 1.00 bits per heavy atom. The molecule has 0 aliphatic carbocycles. The molecular weight excluding hydrogens is 318 g/mol. The van der Waals surface area contributed by atoms with Gasteiger partial charge in [0.2, 0.25) is 0 Å². The first-order valence-corrected chi connectivity index (χ1v) is 7.99. The SMILES string of the molecule is Cc1cccc(C(C)(C)C)c1N1C(=O)c2cccc(C(=O)O)c2C1=O. The van der Waals surface area contributed by atoms with Gasteiger partial charge in [-0.05, 0) is 35.6 Å². The van der Waals surface area contributed by atoms with Crippen molar-refractivity contribution in [2.75, 3.05) is 4.90 Å². The van der Waals surface area contributed by atoms with Gasteiger partial charge < -0.3 is 5.11 Å². The number of aryl methyl sites for hydroxylation is 1. The molecule has 0 bridgehead atoms. The topological polar surface area (TPSA) is 74.7 Å². The van der Waals surface area contributed by atoms with Gasteiger partial charge >= 0.3 is 5.97 Å². The maximum Gasteiger partial charge on any atom is 0.336 e. The molecule has 5 heteroatoms. The first-order valence-electron chi connectivity index (χ1n) is 7.99. The number of carbonyl (C=O) groups is 3. The lowest BCUT2D eigenvalue weighted by Gasteiger charge is -2.28. The minimum absolute atomic E-state index is 0.0388. The molecule has 25 heavy (non-hydrogen) atoms. The van der Waals surface area contributed by atoms with Gasteiger partial charge in [0.05, 0.1) is 22.4 Å². The third-order valence-corrected chi connectivity index (χ3v) is 4.41. The van der Waals surface area contributed by atoms with Crippen molar-refractivity contribution in [2.24, 2.45) is 0 Å². The van der Waals surface area contributed by atoms with Crippen LogP contribution in [-0.4, -0.2) is 22.9 Å². The molecule has 0 atom stereocenters. The highest BCUT2D eigenvalue weighted by atomic mass is 16.4. The fourth-order valence-electron chi connectivity index (χ4n) is 3.23. The van der Waals surface area contributed by atoms with Crippen LogP contribution in [0.25, 0.3) is 0 Å². The van der Waals surface area contributed by atoms with Gasteiger partial charge in [0, 0.05) is 0 Å². The van der Waals surface area contributed by atoms with Crippen molar-refractivity contribution in [1.29, 1.82) is 0 Å². The molecule has 128 valence electrons. The van der Waals surface area contributed by atoms with E-state index in [0.717, 1.165) is 16.0 Å². The van der Waals surface area contributed by atoms with Gasteiger partial charge in [-0.1, -0.05) is 45.0 Å². The Balaban J connectivity index is 2.26. The van der Waals surface area contributed by atoms with E-state index in [4.69, 9.17) is 0 Å². The Hall–Kier alpha value is -2.95. The number of hydrogen-bond donors (Lipinski definition) is 1. The number of hydrogen-bond acceptors (Lipinski definition) is 3. The lowest BCUT2D eigenvalue weighted by atomic mass is 9.84. The molecule has 0 radical (unpaired) electrons. The molecule has 1 heterocycles. The summed E-state index contributed by atoms with van der Waals surface area (Å²) in [6.07, 6.45) is 0. The van der Waals surface area contributed by atoms with Crippen LogP contribution in [0.15, 0.2) is 36.4 Å². The maximum absolute atomic E-state index is 13.0. The van der Waals surface area contributed by atoms with E-state index in [9.17, 15) is 19.5 Å². The van der Waals surface area contributed by atoms with Gasteiger partial charge in [-0.15, -0.1) is 0 Å². The summed E-state index contributed by atoms with van der Waals surface area (Å²) in [5.74, 6) is -2.29. The van der Waals surface area contributed by atoms with E-state index >= 15 is 0 Å². The lowest BCUT2D eigenvalue weighted by Crippen LogP contribution is -2.33. The second kappa shape index (κ2) is 5.55. The summed E-state index contributed by atoms with van der Waals surface area (Å²) in [5, 5.41) is 9.37. The third-order valence-electron chi connectivity index (χ3n) is 4.41. The highest BCUT2D eigenvalue weighted by Gasteiger charge is 2.41. The number of carboxylic acids is 1. The lowest BCUT2D eigenvalue weighted by molar-refractivity contribution is 0.0692. The molecule has 0 spiro atoms. The summed E-state index contributed by atoms with van der Waals surface area (Å²) in [4.78, 5) is 38.5. The minimum Gasteiger partial charge on any atom is -0.478 e. The van der Waals surface area contributed by atoms with Gasteiger partial charge in [0.1, 0.15) is 0 Å². The standard InChI is InChI=1S/C20H19NO4/c1-11-7-5-10-14(20(2,3)4)16(11)21-17(22)12-8-6-9-13(19(24)25)15(12)18(21)23/h5-10H,1-4H3,(H,24,25). The number of fused-ring (bicyclic) bond motifs is 1. The van der Waals surface area contributed by atoms with Crippen LogP contribution in [0.5, 0.6) is 0 Å². The van der Waals surface area contributed by atoms with Gasteiger partial charge in [0.15, 0.2) is 0 Å². The molecule has 1 aliphatic rings. The second-order valence-electron chi connectivity index (χ2n) is 7.20. The van der Waals surface area contributed by atoms with Crippen molar-refractivity contribution in [3.05, 3.63) is 64.2 Å². The van der Waals surface area contributed by atoms with Crippen LogP contribution < -0.4 is 4.90 Å². The number of anilines is 1. The molecule has 2 amide bonds. The molecular formula is C20H19NO4. The summed E-state index contributed by atoms with van der Waals surface area (Å²) in [5.41, 5.74) is 1.85. The number of para-hydroxylation sites is 1. The molecule has 0 aromatic heterocycles. The molecule has 0 unspecified atom stereocenters. The first kappa shape index (κ1) is 16.9. The highest BCUT2D eigenvalue weighted by molar-refractivity contribution is 6.36. The third kappa shape index (κ3) is 2.52. The van der Waals surface area contributed by atoms with Crippen molar-refractivity contribution in [1.82, 2.24) is 0 Å². The molecule has 0 saturated heterocycles. The summed E-state index contributed by atoms with van der Waals surface area (Å²) < 4.78 is 0. The summed E-state index contributed by atoms with van der Waals surface area (Å²) in [6, 6.07) is 9.95. The molecule has 2 aromatic rings. The Morgan fingerprint density at radius 3 is 2.24 bits per heavy atom. The largest absolute Gasteiger partial charge is 0.478 e. The van der Waals surface area contributed by atoms with E-state index in [1.165, 1.54) is 18.2 Å². The zero-order valence-electron chi connectivity index (χ0n) is 14.6. The number of benzene rings is 2. The molecule has 0 saturated carbocycles. The van der Waals surface area contributed by atoms with Crippen LogP contribution >= 0.6 is 0 Å². The second-order valence-corrected chi connectivity index (χ2v) is 7.20. The molecule has 1 aliphatic heterocycles. The average molecular weight is 337 g/mol.